The molecular weight excluding hydrogens is 390 g/mol. The summed E-state index contributed by atoms with van der Waals surface area (Å²) < 4.78 is 26.8. The standard InChI is InChI=1S/C19H23N7O2S/c1-5-14-8-15(12-26(7-6-20)29(4,27)28)21-11-18(14)25(3)19-9-17-16(10-22-19)23-13-24(17)2/h8-11,13H,5,7,12H2,1-4H3. The van der Waals surface area contributed by atoms with Gasteiger partial charge in [-0.05, 0) is 18.1 Å². The molecule has 0 amide bonds. The molecule has 0 aliphatic heterocycles. The van der Waals surface area contributed by atoms with Crippen LogP contribution >= 0.6 is 0 Å². The van der Waals surface area contributed by atoms with Crippen molar-refractivity contribution in [2.75, 3.05) is 24.7 Å². The van der Waals surface area contributed by atoms with Gasteiger partial charge < -0.3 is 9.47 Å². The number of nitriles is 1. The van der Waals surface area contributed by atoms with E-state index in [4.69, 9.17) is 5.26 Å². The second kappa shape index (κ2) is 8.14. The number of anilines is 2. The second-order valence-corrected chi connectivity index (χ2v) is 8.78. The Morgan fingerprint density at radius 2 is 1.97 bits per heavy atom. The molecule has 10 heteroatoms. The van der Waals surface area contributed by atoms with Crippen molar-refractivity contribution in [1.29, 1.82) is 5.26 Å². The molecule has 0 aromatic carbocycles. The van der Waals surface area contributed by atoms with Crippen LogP contribution in [-0.2, 0) is 30.0 Å². The molecule has 3 heterocycles. The minimum Gasteiger partial charge on any atom is -0.334 e. The molecule has 152 valence electrons. The van der Waals surface area contributed by atoms with Crippen LogP contribution in [0.3, 0.4) is 0 Å². The van der Waals surface area contributed by atoms with E-state index in [0.29, 0.717) is 5.69 Å². The quantitative estimate of drug-likeness (QED) is 0.545. The van der Waals surface area contributed by atoms with Gasteiger partial charge in [0.05, 0.1) is 54.5 Å². The molecule has 0 radical (unpaired) electrons. The number of imidazole rings is 1. The maximum atomic E-state index is 11.9. The molecule has 0 fully saturated rings. The highest BCUT2D eigenvalue weighted by Gasteiger charge is 2.19. The summed E-state index contributed by atoms with van der Waals surface area (Å²) in [6, 6.07) is 5.73. The minimum atomic E-state index is -3.49. The van der Waals surface area contributed by atoms with Gasteiger partial charge in [-0.25, -0.2) is 18.4 Å². The average Bonchev–Trinajstić information content (AvgIpc) is 3.06. The lowest BCUT2D eigenvalue weighted by Gasteiger charge is -2.22. The summed E-state index contributed by atoms with van der Waals surface area (Å²) in [7, 11) is 0.356. The van der Waals surface area contributed by atoms with Crippen LogP contribution in [0.2, 0.25) is 0 Å². The molecule has 0 N–H and O–H groups in total. The van der Waals surface area contributed by atoms with Crippen LogP contribution in [0, 0.1) is 11.3 Å². The van der Waals surface area contributed by atoms with Crippen LogP contribution in [0.25, 0.3) is 11.0 Å². The highest BCUT2D eigenvalue weighted by molar-refractivity contribution is 7.88. The second-order valence-electron chi connectivity index (χ2n) is 6.79. The summed E-state index contributed by atoms with van der Waals surface area (Å²) in [5.74, 6) is 0.757. The first-order valence-electron chi connectivity index (χ1n) is 9.05. The summed E-state index contributed by atoms with van der Waals surface area (Å²) in [4.78, 5) is 15.2. The number of aryl methyl sites for hydroxylation is 2. The molecule has 9 nitrogen and oxygen atoms in total. The van der Waals surface area contributed by atoms with E-state index in [1.807, 2.05) is 48.7 Å². The Balaban J connectivity index is 1.93. The molecule has 29 heavy (non-hydrogen) atoms. The molecular formula is C19H23N7O2S. The third-order valence-corrected chi connectivity index (χ3v) is 5.96. The van der Waals surface area contributed by atoms with Crippen molar-refractivity contribution < 1.29 is 8.42 Å². The highest BCUT2D eigenvalue weighted by atomic mass is 32.2. The number of aromatic nitrogens is 4. The molecule has 0 spiro atoms. The highest BCUT2D eigenvalue weighted by Crippen LogP contribution is 2.28. The molecule has 0 aliphatic rings. The van der Waals surface area contributed by atoms with E-state index in [1.165, 1.54) is 0 Å². The fraction of sp³-hybridized carbons (Fsp3) is 0.368. The Bertz CT molecular complexity index is 1180. The Morgan fingerprint density at radius 3 is 2.62 bits per heavy atom. The third kappa shape index (κ3) is 4.36. The lowest BCUT2D eigenvalue weighted by molar-refractivity contribution is 0.441. The van der Waals surface area contributed by atoms with E-state index in [9.17, 15) is 8.42 Å². The zero-order valence-corrected chi connectivity index (χ0v) is 17.7. The van der Waals surface area contributed by atoms with E-state index in [1.54, 1.807) is 18.7 Å². The van der Waals surface area contributed by atoms with Gasteiger partial charge >= 0.3 is 0 Å². The Hall–Kier alpha value is -3.03. The summed E-state index contributed by atoms with van der Waals surface area (Å²) in [6.45, 7) is 1.87. The van der Waals surface area contributed by atoms with Crippen molar-refractivity contribution in [3.8, 4) is 6.07 Å². The summed E-state index contributed by atoms with van der Waals surface area (Å²) >= 11 is 0. The van der Waals surface area contributed by atoms with Gasteiger partial charge in [-0.1, -0.05) is 6.92 Å². The van der Waals surface area contributed by atoms with Crippen LogP contribution in [-0.4, -0.2) is 52.1 Å². The first-order chi connectivity index (χ1) is 13.7. The molecule has 0 saturated carbocycles. The topological polar surface area (TPSA) is 108 Å². The maximum absolute atomic E-state index is 11.9. The number of sulfonamides is 1. The number of fused-ring (bicyclic) bond motifs is 1. The summed E-state index contributed by atoms with van der Waals surface area (Å²) in [5, 5.41) is 8.90. The zero-order valence-electron chi connectivity index (χ0n) is 16.9. The van der Waals surface area contributed by atoms with Crippen molar-refractivity contribution in [2.24, 2.45) is 7.05 Å². The Kier molecular flexibility index (Phi) is 5.81. The van der Waals surface area contributed by atoms with Crippen molar-refractivity contribution >= 4 is 32.6 Å². The molecule has 0 aliphatic carbocycles. The van der Waals surface area contributed by atoms with Crippen molar-refractivity contribution in [1.82, 2.24) is 23.8 Å². The van der Waals surface area contributed by atoms with E-state index in [-0.39, 0.29) is 13.1 Å². The summed E-state index contributed by atoms with van der Waals surface area (Å²) in [6.07, 6.45) is 7.03. The molecule has 3 rings (SSSR count). The maximum Gasteiger partial charge on any atom is 0.212 e. The molecule has 0 bridgehead atoms. The Labute approximate surface area is 170 Å². The molecule has 3 aromatic rings. The lowest BCUT2D eigenvalue weighted by Crippen LogP contribution is -2.30. The van der Waals surface area contributed by atoms with Gasteiger partial charge in [0.15, 0.2) is 0 Å². The lowest BCUT2D eigenvalue weighted by atomic mass is 10.1. The van der Waals surface area contributed by atoms with Gasteiger partial charge in [-0.15, -0.1) is 0 Å². The van der Waals surface area contributed by atoms with Gasteiger partial charge in [-0.2, -0.15) is 9.57 Å². The number of hydrogen-bond donors (Lipinski definition) is 0. The van der Waals surface area contributed by atoms with Crippen LogP contribution in [0.15, 0.2) is 30.9 Å². The number of pyridine rings is 2. The largest absolute Gasteiger partial charge is 0.334 e. The normalized spacial score (nSPS) is 11.7. The van der Waals surface area contributed by atoms with Crippen molar-refractivity contribution in [2.45, 2.75) is 19.9 Å². The van der Waals surface area contributed by atoms with Crippen LogP contribution in [0.4, 0.5) is 11.5 Å². The first kappa shape index (κ1) is 20.7. The molecule has 3 aromatic heterocycles. The van der Waals surface area contributed by atoms with Gasteiger partial charge in [0, 0.05) is 20.2 Å². The Morgan fingerprint density at radius 1 is 1.21 bits per heavy atom. The van der Waals surface area contributed by atoms with E-state index < -0.39 is 10.0 Å². The fourth-order valence-corrected chi connectivity index (χ4v) is 3.75. The summed E-state index contributed by atoms with van der Waals surface area (Å²) in [5.41, 5.74) is 4.29. The van der Waals surface area contributed by atoms with Gasteiger partial charge in [-0.3, -0.25) is 4.98 Å². The van der Waals surface area contributed by atoms with Gasteiger partial charge in [0.1, 0.15) is 17.9 Å². The molecule has 0 saturated heterocycles. The first-order valence-corrected chi connectivity index (χ1v) is 10.9. The van der Waals surface area contributed by atoms with Gasteiger partial charge in [0.2, 0.25) is 10.0 Å². The fourth-order valence-electron chi connectivity index (χ4n) is 3.09. The monoisotopic (exact) mass is 413 g/mol. The van der Waals surface area contributed by atoms with Crippen LogP contribution in [0.5, 0.6) is 0 Å². The minimum absolute atomic E-state index is 0.0582. The van der Waals surface area contributed by atoms with Crippen molar-refractivity contribution in [3.63, 3.8) is 0 Å². The predicted octanol–water partition coefficient (Wildman–Crippen LogP) is 1.98. The zero-order chi connectivity index (χ0) is 21.2. The van der Waals surface area contributed by atoms with E-state index in [2.05, 4.69) is 15.0 Å². The van der Waals surface area contributed by atoms with Crippen LogP contribution in [0.1, 0.15) is 18.2 Å². The smallest absolute Gasteiger partial charge is 0.212 e. The third-order valence-electron chi connectivity index (χ3n) is 4.76. The predicted molar refractivity (Wildman–Crippen MR) is 111 cm³/mol. The number of nitrogens with zero attached hydrogens (tertiary/aromatic N) is 7. The van der Waals surface area contributed by atoms with Crippen molar-refractivity contribution in [3.05, 3.63) is 42.1 Å². The van der Waals surface area contributed by atoms with Crippen LogP contribution < -0.4 is 4.90 Å². The average molecular weight is 414 g/mol. The number of rotatable bonds is 7. The molecule has 0 unspecified atom stereocenters. The van der Waals surface area contributed by atoms with E-state index in [0.717, 1.165) is 45.1 Å². The SMILES string of the molecule is CCc1cc(CN(CC#N)S(C)(=O)=O)ncc1N(C)c1cc2c(cn1)ncn2C. The molecule has 0 atom stereocenters. The van der Waals surface area contributed by atoms with E-state index >= 15 is 0 Å². The number of hydrogen-bond acceptors (Lipinski definition) is 7. The van der Waals surface area contributed by atoms with Gasteiger partial charge in [0.25, 0.3) is 0 Å².